The first kappa shape index (κ1) is 14.7. The Kier molecular flexibility index (Phi) is 4.53. The Bertz CT molecular complexity index is 408. The first-order chi connectivity index (χ1) is 8.25. The lowest BCUT2D eigenvalue weighted by molar-refractivity contribution is 0.401. The van der Waals surface area contributed by atoms with E-state index in [0.717, 1.165) is 0 Å². The van der Waals surface area contributed by atoms with E-state index in [2.05, 4.69) is 4.98 Å². The van der Waals surface area contributed by atoms with Gasteiger partial charge in [-0.3, -0.25) is 0 Å². The average molecular weight is 264 g/mol. The number of pyridine rings is 1. The second kappa shape index (κ2) is 5.54. The Balaban J connectivity index is 3.16. The van der Waals surface area contributed by atoms with Crippen molar-refractivity contribution in [1.82, 2.24) is 4.98 Å². The van der Waals surface area contributed by atoms with Crippen LogP contribution in [0, 0.1) is 29.4 Å². The summed E-state index contributed by atoms with van der Waals surface area (Å²) in [6.45, 7) is 5.63. The van der Waals surface area contributed by atoms with Crippen molar-refractivity contribution in [1.29, 1.82) is 0 Å². The van der Waals surface area contributed by atoms with Crippen molar-refractivity contribution < 1.29 is 17.6 Å². The smallest absolute Gasteiger partial charge is 0.253 e. The van der Waals surface area contributed by atoms with Gasteiger partial charge in [0.15, 0.2) is 0 Å². The van der Waals surface area contributed by atoms with Crippen LogP contribution in [0.15, 0.2) is 0 Å². The predicted molar refractivity (Wildman–Crippen MR) is 61.4 cm³/mol. The van der Waals surface area contributed by atoms with Crippen LogP contribution in [0.5, 0.6) is 0 Å². The largest absolute Gasteiger partial charge is 0.367 e. The van der Waals surface area contributed by atoms with Crippen molar-refractivity contribution in [2.75, 3.05) is 11.9 Å². The number of anilines is 1. The molecule has 0 N–H and O–H groups in total. The molecule has 1 atom stereocenters. The van der Waals surface area contributed by atoms with Gasteiger partial charge in [0.1, 0.15) is 5.69 Å². The van der Waals surface area contributed by atoms with E-state index in [4.69, 9.17) is 0 Å². The molecule has 6 heteroatoms. The molecule has 1 heterocycles. The number of nitrogens with zero attached hydrogens (tertiary/aromatic N) is 2. The number of aromatic nitrogens is 1. The molecule has 0 radical (unpaired) electrons. The highest BCUT2D eigenvalue weighted by atomic mass is 19.2. The molecule has 0 fully saturated rings. The summed E-state index contributed by atoms with van der Waals surface area (Å²) in [6, 6.07) is -0.254. The van der Waals surface area contributed by atoms with Crippen LogP contribution in [0.3, 0.4) is 0 Å². The number of hydrogen-bond acceptors (Lipinski definition) is 2. The van der Waals surface area contributed by atoms with E-state index in [1.807, 2.05) is 13.8 Å². The Morgan fingerprint density at radius 1 is 1.00 bits per heavy atom. The van der Waals surface area contributed by atoms with E-state index in [0.29, 0.717) is 12.3 Å². The van der Waals surface area contributed by atoms with Gasteiger partial charge in [-0.05, 0) is 19.3 Å². The zero-order chi connectivity index (χ0) is 14.0. The van der Waals surface area contributed by atoms with Gasteiger partial charge in [-0.25, -0.2) is 0 Å². The minimum absolute atomic E-state index is 0.254. The van der Waals surface area contributed by atoms with Gasteiger partial charge in [0.05, 0.1) is 0 Å². The van der Waals surface area contributed by atoms with Gasteiger partial charge < -0.3 is 4.90 Å². The molecular weight excluding hydrogens is 248 g/mol. The summed E-state index contributed by atoms with van der Waals surface area (Å²) < 4.78 is 53.0. The molecule has 1 aromatic heterocycles. The van der Waals surface area contributed by atoms with Gasteiger partial charge in [-0.2, -0.15) is 22.5 Å². The maximum atomic E-state index is 13.5. The van der Waals surface area contributed by atoms with Crippen LogP contribution < -0.4 is 4.90 Å². The monoisotopic (exact) mass is 264 g/mol. The molecule has 102 valence electrons. The number of halogens is 4. The maximum Gasteiger partial charge on any atom is 0.253 e. The summed E-state index contributed by atoms with van der Waals surface area (Å²) in [5.41, 5.74) is -0.715. The van der Waals surface area contributed by atoms with E-state index in [9.17, 15) is 17.6 Å². The fourth-order valence-corrected chi connectivity index (χ4v) is 1.85. The summed E-state index contributed by atoms with van der Waals surface area (Å²) in [4.78, 5) is 3.72. The van der Waals surface area contributed by atoms with Crippen LogP contribution in [0.4, 0.5) is 23.2 Å². The molecular formula is C12H16F4N2. The molecule has 0 aliphatic carbocycles. The lowest BCUT2D eigenvalue weighted by Crippen LogP contribution is -2.32. The molecule has 0 aromatic carbocycles. The van der Waals surface area contributed by atoms with E-state index in [1.165, 1.54) is 11.9 Å². The van der Waals surface area contributed by atoms with Gasteiger partial charge in [0.25, 0.3) is 11.9 Å². The van der Waals surface area contributed by atoms with Crippen LogP contribution in [-0.2, 0) is 0 Å². The van der Waals surface area contributed by atoms with Crippen LogP contribution in [0.1, 0.15) is 27.2 Å². The van der Waals surface area contributed by atoms with E-state index >= 15 is 0 Å². The third kappa shape index (κ3) is 2.91. The minimum Gasteiger partial charge on any atom is -0.367 e. The molecule has 0 aliphatic rings. The predicted octanol–water partition coefficient (Wildman–Crippen LogP) is 3.51. The topological polar surface area (TPSA) is 16.1 Å². The van der Waals surface area contributed by atoms with E-state index in [1.54, 1.807) is 6.92 Å². The van der Waals surface area contributed by atoms with Gasteiger partial charge in [0, 0.05) is 13.1 Å². The van der Waals surface area contributed by atoms with Crippen molar-refractivity contribution in [3.8, 4) is 0 Å². The average Bonchev–Trinajstić information content (AvgIpc) is 2.25. The summed E-state index contributed by atoms with van der Waals surface area (Å²) in [6.07, 6.45) is 0.640. The van der Waals surface area contributed by atoms with Crippen LogP contribution in [0.2, 0.25) is 0 Å². The fraction of sp³-hybridized carbons (Fsp3) is 0.583. The Labute approximate surface area is 104 Å². The second-order valence-corrected chi connectivity index (χ2v) is 4.76. The van der Waals surface area contributed by atoms with Gasteiger partial charge in [-0.1, -0.05) is 13.8 Å². The Morgan fingerprint density at radius 2 is 1.44 bits per heavy atom. The highest BCUT2D eigenvalue weighted by Crippen LogP contribution is 2.27. The molecule has 0 saturated heterocycles. The number of hydrogen-bond donors (Lipinski definition) is 0. The molecule has 1 aromatic rings. The molecule has 0 bridgehead atoms. The van der Waals surface area contributed by atoms with E-state index in [-0.39, 0.29) is 6.04 Å². The molecule has 1 unspecified atom stereocenters. The maximum absolute atomic E-state index is 13.5. The summed E-state index contributed by atoms with van der Waals surface area (Å²) >= 11 is 0. The van der Waals surface area contributed by atoms with Crippen molar-refractivity contribution in [3.63, 3.8) is 0 Å². The van der Waals surface area contributed by atoms with Gasteiger partial charge in [0.2, 0.25) is 11.6 Å². The standard InChI is InChI=1S/C12H16F4N2/c1-6(2)5-7(3)18(4)10-8(13)11(15)17-12(16)9(10)14/h6-7H,5H2,1-4H3. The third-order valence-electron chi connectivity index (χ3n) is 2.80. The molecule has 0 amide bonds. The lowest BCUT2D eigenvalue weighted by Gasteiger charge is -2.28. The highest BCUT2D eigenvalue weighted by molar-refractivity contribution is 5.48. The van der Waals surface area contributed by atoms with Gasteiger partial charge >= 0.3 is 0 Å². The normalized spacial score (nSPS) is 12.9. The van der Waals surface area contributed by atoms with Crippen LogP contribution in [0.25, 0.3) is 0 Å². The molecule has 18 heavy (non-hydrogen) atoms. The summed E-state index contributed by atoms with van der Waals surface area (Å²) in [7, 11) is 1.40. The molecule has 1 rings (SSSR count). The van der Waals surface area contributed by atoms with Crippen LogP contribution >= 0.6 is 0 Å². The van der Waals surface area contributed by atoms with E-state index < -0.39 is 29.2 Å². The third-order valence-corrected chi connectivity index (χ3v) is 2.80. The van der Waals surface area contributed by atoms with Crippen molar-refractivity contribution in [3.05, 3.63) is 23.5 Å². The molecule has 0 spiro atoms. The molecule has 0 aliphatic heterocycles. The zero-order valence-electron chi connectivity index (χ0n) is 10.8. The zero-order valence-corrected chi connectivity index (χ0v) is 10.8. The Morgan fingerprint density at radius 3 is 1.83 bits per heavy atom. The van der Waals surface area contributed by atoms with Crippen molar-refractivity contribution in [2.24, 2.45) is 5.92 Å². The second-order valence-electron chi connectivity index (χ2n) is 4.76. The molecule has 2 nitrogen and oxygen atoms in total. The van der Waals surface area contributed by atoms with Crippen molar-refractivity contribution in [2.45, 2.75) is 33.2 Å². The Hall–Kier alpha value is -1.33. The van der Waals surface area contributed by atoms with Gasteiger partial charge in [-0.15, -0.1) is 0 Å². The first-order valence-corrected chi connectivity index (χ1v) is 5.68. The van der Waals surface area contributed by atoms with Crippen LogP contribution in [-0.4, -0.2) is 18.1 Å². The number of rotatable bonds is 4. The summed E-state index contributed by atoms with van der Waals surface area (Å²) in [5.74, 6) is -5.90. The summed E-state index contributed by atoms with van der Waals surface area (Å²) in [5, 5.41) is 0. The fourth-order valence-electron chi connectivity index (χ4n) is 1.85. The first-order valence-electron chi connectivity index (χ1n) is 5.68. The highest BCUT2D eigenvalue weighted by Gasteiger charge is 2.26. The lowest BCUT2D eigenvalue weighted by atomic mass is 10.0. The van der Waals surface area contributed by atoms with Crippen molar-refractivity contribution >= 4 is 5.69 Å². The minimum atomic E-state index is -1.63. The quantitative estimate of drug-likeness (QED) is 0.611. The molecule has 0 saturated carbocycles. The SMILES string of the molecule is CC(C)CC(C)N(C)c1c(F)c(F)nc(F)c1F.